The summed E-state index contributed by atoms with van der Waals surface area (Å²) in [6.07, 6.45) is 1.47. The Morgan fingerprint density at radius 3 is 2.89 bits per heavy atom. The molecule has 1 aromatic rings. The van der Waals surface area contributed by atoms with Crippen LogP contribution in [0.2, 0.25) is 0 Å². The molecule has 0 aliphatic carbocycles. The van der Waals surface area contributed by atoms with Crippen LogP contribution < -0.4 is 4.74 Å². The van der Waals surface area contributed by atoms with Crippen molar-refractivity contribution in [1.82, 2.24) is 0 Å². The van der Waals surface area contributed by atoms with Gasteiger partial charge in [-0.2, -0.15) is 0 Å². The number of nitrogens with zero attached hydrogens (tertiary/aromatic N) is 3. The van der Waals surface area contributed by atoms with Gasteiger partial charge in [-0.05, 0) is 64.9 Å². The Bertz CT molecular complexity index is 551. The minimum absolute atomic E-state index is 0.0875. The predicted molar refractivity (Wildman–Crippen MR) is 79.5 cm³/mol. The van der Waals surface area contributed by atoms with Gasteiger partial charge in [-0.1, -0.05) is 5.11 Å². The minimum atomic E-state index is -0.654. The maximum atomic E-state index is 11.6. The molecular weight excluding hydrogens is 361 g/mol. The van der Waals surface area contributed by atoms with E-state index in [4.69, 9.17) is 15.0 Å². The molecule has 100 valence electrons. The van der Waals surface area contributed by atoms with Crippen LogP contribution in [0, 0.1) is 3.57 Å². The Hall–Kier alpha value is -1.73. The maximum Gasteiger partial charge on any atom is 0.340 e. The van der Waals surface area contributed by atoms with Crippen molar-refractivity contribution in [3.05, 3.63) is 43.5 Å². The lowest BCUT2D eigenvalue weighted by atomic mass is 10.2. The van der Waals surface area contributed by atoms with Crippen LogP contribution in [0.25, 0.3) is 16.5 Å². The average molecular weight is 373 g/mol. The lowest BCUT2D eigenvalue weighted by Crippen LogP contribution is -2.05. The molecule has 0 aromatic heterocycles. The highest BCUT2D eigenvalue weighted by Crippen LogP contribution is 2.22. The third-order valence-electron chi connectivity index (χ3n) is 2.13. The number of ether oxygens (including phenoxy) is 2. The molecule has 0 amide bonds. The SMILES string of the molecule is CCOC(=O)/C(=C/c1cc(OC)ccc1I)N=[N+]=[N-]. The first-order valence-electron chi connectivity index (χ1n) is 5.39. The number of rotatable bonds is 5. The molecule has 0 spiro atoms. The summed E-state index contributed by atoms with van der Waals surface area (Å²) < 4.78 is 10.8. The first kappa shape index (κ1) is 15.3. The molecule has 0 unspecified atom stereocenters. The highest BCUT2D eigenvalue weighted by atomic mass is 127. The quantitative estimate of drug-likeness (QED) is 0.198. The van der Waals surface area contributed by atoms with E-state index < -0.39 is 5.97 Å². The van der Waals surface area contributed by atoms with Crippen molar-refractivity contribution in [2.75, 3.05) is 13.7 Å². The Morgan fingerprint density at radius 2 is 2.32 bits per heavy atom. The second-order valence-corrected chi connectivity index (χ2v) is 4.49. The van der Waals surface area contributed by atoms with E-state index in [0.717, 1.165) is 9.13 Å². The number of benzene rings is 1. The van der Waals surface area contributed by atoms with Crippen LogP contribution in [0.4, 0.5) is 0 Å². The first-order valence-corrected chi connectivity index (χ1v) is 6.47. The Labute approximate surface area is 124 Å². The average Bonchev–Trinajstić information content (AvgIpc) is 2.40. The van der Waals surface area contributed by atoms with Crippen molar-refractivity contribution < 1.29 is 14.3 Å². The monoisotopic (exact) mass is 373 g/mol. The summed E-state index contributed by atoms with van der Waals surface area (Å²) in [7, 11) is 1.55. The molecule has 7 heteroatoms. The van der Waals surface area contributed by atoms with Crippen LogP contribution in [0.3, 0.4) is 0 Å². The fraction of sp³-hybridized carbons (Fsp3) is 0.250. The van der Waals surface area contributed by atoms with Gasteiger partial charge in [0.1, 0.15) is 11.4 Å². The molecule has 0 atom stereocenters. The Balaban J connectivity index is 3.21. The minimum Gasteiger partial charge on any atom is -0.497 e. The molecule has 0 saturated heterocycles. The molecule has 19 heavy (non-hydrogen) atoms. The summed E-state index contributed by atoms with van der Waals surface area (Å²) in [6.45, 7) is 1.90. The molecule has 0 aliphatic rings. The summed E-state index contributed by atoms with van der Waals surface area (Å²) in [5.41, 5.74) is 9.12. The van der Waals surface area contributed by atoms with Gasteiger partial charge in [0.05, 0.1) is 13.7 Å². The highest BCUT2D eigenvalue weighted by molar-refractivity contribution is 14.1. The van der Waals surface area contributed by atoms with Gasteiger partial charge in [0, 0.05) is 8.48 Å². The molecule has 0 N–H and O–H groups in total. The molecule has 0 bridgehead atoms. The normalized spacial score (nSPS) is 10.6. The fourth-order valence-electron chi connectivity index (χ4n) is 1.29. The number of azide groups is 1. The third kappa shape index (κ3) is 4.46. The zero-order chi connectivity index (χ0) is 14.3. The van der Waals surface area contributed by atoms with E-state index in [9.17, 15) is 4.79 Å². The number of carbonyl (C=O) groups is 1. The molecule has 0 radical (unpaired) electrons. The van der Waals surface area contributed by atoms with Crippen LogP contribution in [-0.4, -0.2) is 19.7 Å². The molecule has 1 aromatic carbocycles. The first-order chi connectivity index (χ1) is 9.12. The van der Waals surface area contributed by atoms with Crippen molar-refractivity contribution in [2.45, 2.75) is 6.92 Å². The van der Waals surface area contributed by atoms with Gasteiger partial charge < -0.3 is 9.47 Å². The summed E-state index contributed by atoms with van der Waals surface area (Å²) in [5, 5.41) is 3.36. The molecule has 0 heterocycles. The van der Waals surface area contributed by atoms with Gasteiger partial charge in [-0.25, -0.2) is 4.79 Å². The summed E-state index contributed by atoms with van der Waals surface area (Å²) in [4.78, 5) is 14.2. The van der Waals surface area contributed by atoms with Crippen LogP contribution in [0.15, 0.2) is 29.0 Å². The van der Waals surface area contributed by atoms with Crippen molar-refractivity contribution in [1.29, 1.82) is 0 Å². The Kier molecular flexibility index (Phi) is 6.17. The third-order valence-corrected chi connectivity index (χ3v) is 3.11. The van der Waals surface area contributed by atoms with Crippen molar-refractivity contribution in [3.8, 4) is 5.75 Å². The molecule has 0 aliphatic heterocycles. The predicted octanol–water partition coefficient (Wildman–Crippen LogP) is 3.51. The van der Waals surface area contributed by atoms with Gasteiger partial charge in [0.2, 0.25) is 0 Å². The lowest BCUT2D eigenvalue weighted by molar-refractivity contribution is -0.138. The highest BCUT2D eigenvalue weighted by Gasteiger charge is 2.10. The second-order valence-electron chi connectivity index (χ2n) is 3.33. The van der Waals surface area contributed by atoms with Gasteiger partial charge in [0.15, 0.2) is 0 Å². The molecule has 0 fully saturated rings. The lowest BCUT2D eigenvalue weighted by Gasteiger charge is -2.05. The van der Waals surface area contributed by atoms with E-state index >= 15 is 0 Å². The van der Waals surface area contributed by atoms with Crippen molar-refractivity contribution in [2.24, 2.45) is 5.11 Å². The van der Waals surface area contributed by atoms with E-state index in [1.807, 2.05) is 6.07 Å². The van der Waals surface area contributed by atoms with Crippen molar-refractivity contribution >= 4 is 34.6 Å². The van der Waals surface area contributed by atoms with E-state index in [1.54, 1.807) is 26.2 Å². The standard InChI is InChI=1S/C12H12IN3O3/c1-3-19-12(17)11(15-16-14)7-8-6-9(18-2)4-5-10(8)13/h4-7H,3H2,1-2H3/b11-7-. The molecule has 1 rings (SSSR count). The smallest absolute Gasteiger partial charge is 0.340 e. The number of halogens is 1. The number of hydrogen-bond acceptors (Lipinski definition) is 4. The van der Waals surface area contributed by atoms with E-state index in [-0.39, 0.29) is 12.3 Å². The zero-order valence-electron chi connectivity index (χ0n) is 10.5. The molecule has 0 saturated carbocycles. The molecular formula is C12H12IN3O3. The van der Waals surface area contributed by atoms with Crippen LogP contribution >= 0.6 is 22.6 Å². The number of methoxy groups -OCH3 is 1. The van der Waals surface area contributed by atoms with E-state index in [2.05, 4.69) is 32.6 Å². The largest absolute Gasteiger partial charge is 0.497 e. The number of carbonyl (C=O) groups excluding carboxylic acids is 1. The summed E-state index contributed by atoms with van der Waals surface area (Å²) >= 11 is 2.11. The fourth-order valence-corrected chi connectivity index (χ4v) is 1.78. The molecule has 6 nitrogen and oxygen atoms in total. The van der Waals surface area contributed by atoms with Gasteiger partial charge >= 0.3 is 5.97 Å². The Morgan fingerprint density at radius 1 is 1.58 bits per heavy atom. The van der Waals surface area contributed by atoms with Gasteiger partial charge in [0.25, 0.3) is 0 Å². The number of esters is 1. The van der Waals surface area contributed by atoms with E-state index in [1.165, 1.54) is 6.08 Å². The zero-order valence-corrected chi connectivity index (χ0v) is 12.6. The van der Waals surface area contributed by atoms with Crippen molar-refractivity contribution in [3.63, 3.8) is 0 Å². The van der Waals surface area contributed by atoms with Gasteiger partial charge in [-0.3, -0.25) is 0 Å². The maximum absolute atomic E-state index is 11.6. The summed E-state index contributed by atoms with van der Waals surface area (Å²) in [5.74, 6) is -0.00488. The van der Waals surface area contributed by atoms with Crippen LogP contribution in [0.1, 0.15) is 12.5 Å². The summed E-state index contributed by atoms with van der Waals surface area (Å²) in [6, 6.07) is 5.38. The topological polar surface area (TPSA) is 84.3 Å². The second kappa shape index (κ2) is 7.65. The van der Waals surface area contributed by atoms with Crippen LogP contribution in [-0.2, 0) is 9.53 Å². The number of hydrogen-bond donors (Lipinski definition) is 0. The van der Waals surface area contributed by atoms with E-state index in [0.29, 0.717) is 5.75 Å². The van der Waals surface area contributed by atoms with Crippen LogP contribution in [0.5, 0.6) is 5.75 Å². The van der Waals surface area contributed by atoms with Gasteiger partial charge in [-0.15, -0.1) is 0 Å².